The third-order valence-corrected chi connectivity index (χ3v) is 2.44. The van der Waals surface area contributed by atoms with Gasteiger partial charge in [0, 0.05) is 6.07 Å². The van der Waals surface area contributed by atoms with Gasteiger partial charge >= 0.3 is 5.97 Å². The third kappa shape index (κ3) is 2.15. The quantitative estimate of drug-likeness (QED) is 0.771. The van der Waals surface area contributed by atoms with E-state index in [-0.39, 0.29) is 6.61 Å². The van der Waals surface area contributed by atoms with Gasteiger partial charge in [-0.05, 0) is 12.1 Å². The molecule has 1 aliphatic rings. The lowest BCUT2D eigenvalue weighted by atomic mass is 10.2. The molecule has 1 aliphatic heterocycles. The highest BCUT2D eigenvalue weighted by molar-refractivity contribution is 5.99. The van der Waals surface area contributed by atoms with Gasteiger partial charge in [0.05, 0.1) is 12.7 Å². The SMILES string of the molecule is COc1ccc2c(c1)OCC(C(=O)O)NC2=O. The van der Waals surface area contributed by atoms with Gasteiger partial charge in [-0.3, -0.25) is 4.79 Å². The van der Waals surface area contributed by atoms with Gasteiger partial charge in [-0.15, -0.1) is 0 Å². The van der Waals surface area contributed by atoms with E-state index in [2.05, 4.69) is 5.32 Å². The molecule has 1 heterocycles. The summed E-state index contributed by atoms with van der Waals surface area (Å²) in [5.74, 6) is -0.721. The van der Waals surface area contributed by atoms with E-state index in [9.17, 15) is 9.59 Å². The monoisotopic (exact) mass is 237 g/mol. The fourth-order valence-corrected chi connectivity index (χ4v) is 1.52. The standard InChI is InChI=1S/C11H11NO5/c1-16-6-2-3-7-9(4-6)17-5-8(11(14)15)12-10(7)13/h2-4,8H,5H2,1H3,(H,12,13)(H,14,15). The van der Waals surface area contributed by atoms with E-state index in [0.29, 0.717) is 17.1 Å². The van der Waals surface area contributed by atoms with Crippen molar-refractivity contribution in [2.75, 3.05) is 13.7 Å². The van der Waals surface area contributed by atoms with Crippen molar-refractivity contribution < 1.29 is 24.2 Å². The van der Waals surface area contributed by atoms with Gasteiger partial charge < -0.3 is 19.9 Å². The Bertz CT molecular complexity index is 471. The third-order valence-electron chi connectivity index (χ3n) is 2.44. The summed E-state index contributed by atoms with van der Waals surface area (Å²) in [5, 5.41) is 11.2. The largest absolute Gasteiger partial charge is 0.497 e. The molecule has 0 bridgehead atoms. The number of ether oxygens (including phenoxy) is 2. The molecule has 1 aromatic rings. The van der Waals surface area contributed by atoms with E-state index in [1.165, 1.54) is 13.2 Å². The molecule has 17 heavy (non-hydrogen) atoms. The molecule has 1 amide bonds. The molecule has 0 aliphatic carbocycles. The van der Waals surface area contributed by atoms with E-state index >= 15 is 0 Å². The molecular weight excluding hydrogens is 226 g/mol. The number of carbonyl (C=O) groups excluding carboxylic acids is 1. The van der Waals surface area contributed by atoms with Crippen LogP contribution in [0.15, 0.2) is 18.2 Å². The number of carboxylic acids is 1. The molecular formula is C11H11NO5. The summed E-state index contributed by atoms with van der Waals surface area (Å²) in [4.78, 5) is 22.5. The van der Waals surface area contributed by atoms with Crippen LogP contribution >= 0.6 is 0 Å². The van der Waals surface area contributed by atoms with Crippen molar-refractivity contribution in [2.24, 2.45) is 0 Å². The predicted molar refractivity (Wildman–Crippen MR) is 57.4 cm³/mol. The van der Waals surface area contributed by atoms with Crippen LogP contribution in [0.3, 0.4) is 0 Å². The zero-order valence-electron chi connectivity index (χ0n) is 9.10. The molecule has 1 aromatic carbocycles. The molecule has 6 heteroatoms. The van der Waals surface area contributed by atoms with Crippen LogP contribution in [0.5, 0.6) is 11.5 Å². The first-order valence-electron chi connectivity index (χ1n) is 4.96. The first-order valence-corrected chi connectivity index (χ1v) is 4.96. The second-order valence-electron chi connectivity index (χ2n) is 3.54. The maximum atomic E-state index is 11.7. The van der Waals surface area contributed by atoms with Crippen molar-refractivity contribution in [3.63, 3.8) is 0 Å². The van der Waals surface area contributed by atoms with Crippen molar-refractivity contribution in [3.8, 4) is 11.5 Å². The highest BCUT2D eigenvalue weighted by Crippen LogP contribution is 2.26. The Morgan fingerprint density at radius 1 is 1.59 bits per heavy atom. The minimum atomic E-state index is -1.13. The Morgan fingerprint density at radius 2 is 2.35 bits per heavy atom. The molecule has 0 spiro atoms. The number of fused-ring (bicyclic) bond motifs is 1. The molecule has 1 atom stereocenters. The minimum Gasteiger partial charge on any atom is -0.497 e. The highest BCUT2D eigenvalue weighted by Gasteiger charge is 2.27. The van der Waals surface area contributed by atoms with Gasteiger partial charge in [-0.25, -0.2) is 4.79 Å². The van der Waals surface area contributed by atoms with E-state index < -0.39 is 17.9 Å². The molecule has 2 rings (SSSR count). The summed E-state index contributed by atoms with van der Waals surface area (Å²) >= 11 is 0. The molecule has 0 fully saturated rings. The summed E-state index contributed by atoms with van der Waals surface area (Å²) < 4.78 is 10.3. The fraction of sp³-hybridized carbons (Fsp3) is 0.273. The van der Waals surface area contributed by atoms with Gasteiger partial charge in [-0.1, -0.05) is 0 Å². The normalized spacial score (nSPS) is 18.4. The second-order valence-corrected chi connectivity index (χ2v) is 3.54. The maximum Gasteiger partial charge on any atom is 0.329 e. The van der Waals surface area contributed by atoms with Crippen LogP contribution in [0.4, 0.5) is 0 Å². The van der Waals surface area contributed by atoms with Gasteiger partial charge in [-0.2, -0.15) is 0 Å². The van der Waals surface area contributed by atoms with E-state index in [1.807, 2.05) is 0 Å². The molecule has 0 aromatic heterocycles. The molecule has 0 saturated heterocycles. The van der Waals surface area contributed by atoms with Gasteiger partial charge in [0.1, 0.15) is 18.1 Å². The summed E-state index contributed by atoms with van der Waals surface area (Å²) in [6, 6.07) is 3.66. The average Bonchev–Trinajstić information content (AvgIpc) is 2.48. The minimum absolute atomic E-state index is 0.110. The molecule has 2 N–H and O–H groups in total. The first kappa shape index (κ1) is 11.3. The number of methoxy groups -OCH3 is 1. The van der Waals surface area contributed by atoms with Crippen LogP contribution in [0.1, 0.15) is 10.4 Å². The number of carbonyl (C=O) groups is 2. The zero-order chi connectivity index (χ0) is 12.4. The van der Waals surface area contributed by atoms with Crippen molar-refractivity contribution in [1.29, 1.82) is 0 Å². The number of benzene rings is 1. The van der Waals surface area contributed by atoms with E-state index in [1.54, 1.807) is 12.1 Å². The second kappa shape index (κ2) is 4.32. The van der Waals surface area contributed by atoms with Crippen LogP contribution < -0.4 is 14.8 Å². The smallest absolute Gasteiger partial charge is 0.329 e. The summed E-state index contributed by atoms with van der Waals surface area (Å²) in [7, 11) is 1.50. The average molecular weight is 237 g/mol. The summed E-state index contributed by atoms with van der Waals surface area (Å²) in [6.07, 6.45) is 0. The lowest BCUT2D eigenvalue weighted by molar-refractivity contribution is -0.139. The number of aliphatic carboxylic acids is 1. The van der Waals surface area contributed by atoms with Crippen molar-refractivity contribution >= 4 is 11.9 Å². The Hall–Kier alpha value is -2.24. The summed E-state index contributed by atoms with van der Waals surface area (Å²) in [6.45, 7) is -0.110. The van der Waals surface area contributed by atoms with Crippen LogP contribution in [-0.2, 0) is 4.79 Å². The molecule has 0 saturated carbocycles. The number of nitrogens with one attached hydrogen (secondary N) is 1. The van der Waals surface area contributed by atoms with E-state index in [4.69, 9.17) is 14.6 Å². The zero-order valence-corrected chi connectivity index (χ0v) is 9.10. The Morgan fingerprint density at radius 3 is 3.00 bits per heavy atom. The number of hydrogen-bond donors (Lipinski definition) is 2. The van der Waals surface area contributed by atoms with Crippen molar-refractivity contribution in [2.45, 2.75) is 6.04 Å². The lowest BCUT2D eigenvalue weighted by Gasteiger charge is -2.09. The molecule has 6 nitrogen and oxygen atoms in total. The first-order chi connectivity index (χ1) is 8.11. The topological polar surface area (TPSA) is 84.9 Å². The Kier molecular flexibility index (Phi) is 2.86. The molecule has 90 valence electrons. The fourth-order valence-electron chi connectivity index (χ4n) is 1.52. The number of rotatable bonds is 2. The van der Waals surface area contributed by atoms with Gasteiger partial charge in [0.2, 0.25) is 0 Å². The number of amides is 1. The molecule has 1 unspecified atom stereocenters. The number of carboxylic acid groups (broad SMARTS) is 1. The lowest BCUT2D eigenvalue weighted by Crippen LogP contribution is -2.42. The van der Waals surface area contributed by atoms with E-state index in [0.717, 1.165) is 0 Å². The van der Waals surface area contributed by atoms with Crippen LogP contribution in [-0.4, -0.2) is 36.7 Å². The van der Waals surface area contributed by atoms with Crippen LogP contribution in [0, 0.1) is 0 Å². The van der Waals surface area contributed by atoms with Gasteiger partial charge in [0.25, 0.3) is 5.91 Å². The predicted octanol–water partition coefficient (Wildman–Crippen LogP) is 0.271. The van der Waals surface area contributed by atoms with Crippen molar-refractivity contribution in [1.82, 2.24) is 5.32 Å². The summed E-state index contributed by atoms with van der Waals surface area (Å²) in [5.41, 5.74) is 0.301. The van der Waals surface area contributed by atoms with Crippen molar-refractivity contribution in [3.05, 3.63) is 23.8 Å². The molecule has 0 radical (unpaired) electrons. The maximum absolute atomic E-state index is 11.7. The Balaban J connectivity index is 2.33. The Labute approximate surface area is 97.1 Å². The van der Waals surface area contributed by atoms with Crippen LogP contribution in [0.25, 0.3) is 0 Å². The highest BCUT2D eigenvalue weighted by atomic mass is 16.5. The van der Waals surface area contributed by atoms with Gasteiger partial charge in [0.15, 0.2) is 6.04 Å². The van der Waals surface area contributed by atoms with Crippen LogP contribution in [0.2, 0.25) is 0 Å². The number of hydrogen-bond acceptors (Lipinski definition) is 4.